The molecule has 3 atom stereocenters. The molecule has 0 radical (unpaired) electrons. The van der Waals surface area contributed by atoms with E-state index < -0.39 is 0 Å². The van der Waals surface area contributed by atoms with Crippen LogP contribution in [0.2, 0.25) is 0 Å². The van der Waals surface area contributed by atoms with Gasteiger partial charge in [0, 0.05) is 6.04 Å². The Bertz CT molecular complexity index is 70.5. The summed E-state index contributed by atoms with van der Waals surface area (Å²) in [7, 11) is 0. The molecule has 0 aromatic heterocycles. The molecule has 8 heavy (non-hydrogen) atoms. The second-order valence-corrected chi connectivity index (χ2v) is 3.22. The third-order valence-electron chi connectivity index (χ3n) is 2.18. The van der Waals surface area contributed by atoms with Crippen LogP contribution >= 0.6 is 0 Å². The molecule has 1 saturated carbocycles. The van der Waals surface area contributed by atoms with E-state index in [1.807, 2.05) is 0 Å². The molecule has 0 aliphatic heterocycles. The normalized spacial score (nSPS) is 47.6. The molecule has 1 rings (SSSR count). The molecular formula is C7H15N. The van der Waals surface area contributed by atoms with E-state index in [1.165, 1.54) is 12.8 Å². The fourth-order valence-corrected chi connectivity index (χ4v) is 1.60. The maximum absolute atomic E-state index is 5.77. The van der Waals surface area contributed by atoms with Crippen LogP contribution in [-0.4, -0.2) is 6.04 Å². The van der Waals surface area contributed by atoms with Gasteiger partial charge in [-0.2, -0.15) is 0 Å². The maximum Gasteiger partial charge on any atom is 0.00671 e. The standard InChI is InChI=1S/C7H15N/c1-5-3-6(2)7(8)4-5/h5-7H,3-4,8H2,1-2H3. The van der Waals surface area contributed by atoms with Crippen LogP contribution in [0.4, 0.5) is 0 Å². The molecule has 0 saturated heterocycles. The fourth-order valence-electron chi connectivity index (χ4n) is 1.60. The molecule has 1 nitrogen and oxygen atoms in total. The quantitative estimate of drug-likeness (QED) is 0.504. The van der Waals surface area contributed by atoms with E-state index >= 15 is 0 Å². The first-order valence-electron chi connectivity index (χ1n) is 3.45. The van der Waals surface area contributed by atoms with Gasteiger partial charge in [-0.15, -0.1) is 0 Å². The van der Waals surface area contributed by atoms with Crippen LogP contribution < -0.4 is 5.73 Å². The molecule has 1 aliphatic rings. The van der Waals surface area contributed by atoms with Crippen LogP contribution in [-0.2, 0) is 0 Å². The Morgan fingerprint density at radius 2 is 1.88 bits per heavy atom. The first kappa shape index (κ1) is 6.09. The van der Waals surface area contributed by atoms with E-state index in [2.05, 4.69) is 13.8 Å². The second-order valence-electron chi connectivity index (χ2n) is 3.22. The van der Waals surface area contributed by atoms with Crippen LogP contribution in [0.5, 0.6) is 0 Å². The Balaban J connectivity index is 2.39. The van der Waals surface area contributed by atoms with Gasteiger partial charge >= 0.3 is 0 Å². The van der Waals surface area contributed by atoms with Crippen molar-refractivity contribution in [3.05, 3.63) is 0 Å². The fraction of sp³-hybridized carbons (Fsp3) is 1.00. The molecule has 48 valence electrons. The average molecular weight is 113 g/mol. The van der Waals surface area contributed by atoms with E-state index in [-0.39, 0.29) is 0 Å². The summed E-state index contributed by atoms with van der Waals surface area (Å²) in [6.07, 6.45) is 2.57. The Morgan fingerprint density at radius 1 is 1.25 bits per heavy atom. The van der Waals surface area contributed by atoms with Gasteiger partial charge in [-0.1, -0.05) is 13.8 Å². The summed E-state index contributed by atoms with van der Waals surface area (Å²) < 4.78 is 0. The van der Waals surface area contributed by atoms with Crippen molar-refractivity contribution in [1.29, 1.82) is 0 Å². The minimum atomic E-state index is 0.491. The summed E-state index contributed by atoms with van der Waals surface area (Å²) in [6.45, 7) is 4.53. The highest BCUT2D eigenvalue weighted by Crippen LogP contribution is 2.28. The third-order valence-corrected chi connectivity index (χ3v) is 2.18. The van der Waals surface area contributed by atoms with Crippen LogP contribution in [0.3, 0.4) is 0 Å². The lowest BCUT2D eigenvalue weighted by molar-refractivity contribution is 0.522. The molecule has 0 heterocycles. The summed E-state index contributed by atoms with van der Waals surface area (Å²) in [4.78, 5) is 0. The molecule has 2 N–H and O–H groups in total. The average Bonchev–Trinajstić information content (AvgIpc) is 1.85. The molecule has 0 bridgehead atoms. The van der Waals surface area contributed by atoms with Crippen molar-refractivity contribution in [3.63, 3.8) is 0 Å². The Kier molecular flexibility index (Phi) is 1.57. The molecule has 1 fully saturated rings. The van der Waals surface area contributed by atoms with Crippen molar-refractivity contribution in [1.82, 2.24) is 0 Å². The minimum absolute atomic E-state index is 0.491. The summed E-state index contributed by atoms with van der Waals surface area (Å²) in [6, 6.07) is 0.491. The largest absolute Gasteiger partial charge is 0.327 e. The first-order chi connectivity index (χ1) is 3.70. The van der Waals surface area contributed by atoms with Gasteiger partial charge in [-0.05, 0) is 24.7 Å². The molecule has 0 aromatic rings. The van der Waals surface area contributed by atoms with Crippen molar-refractivity contribution in [2.75, 3.05) is 0 Å². The minimum Gasteiger partial charge on any atom is -0.327 e. The van der Waals surface area contributed by atoms with Crippen molar-refractivity contribution in [2.45, 2.75) is 32.7 Å². The zero-order valence-electron chi connectivity index (χ0n) is 5.72. The smallest absolute Gasteiger partial charge is 0.00671 e. The number of nitrogens with two attached hydrogens (primary N) is 1. The molecule has 0 amide bonds. The number of hydrogen-bond acceptors (Lipinski definition) is 1. The van der Waals surface area contributed by atoms with Gasteiger partial charge in [0.2, 0.25) is 0 Å². The highest BCUT2D eigenvalue weighted by atomic mass is 14.7. The SMILES string of the molecule is CC1CC(C)C(N)C1. The maximum atomic E-state index is 5.77. The van der Waals surface area contributed by atoms with Crippen LogP contribution in [0.15, 0.2) is 0 Å². The van der Waals surface area contributed by atoms with Gasteiger partial charge in [0.1, 0.15) is 0 Å². The molecule has 0 aromatic carbocycles. The van der Waals surface area contributed by atoms with Gasteiger partial charge < -0.3 is 5.73 Å². The topological polar surface area (TPSA) is 26.0 Å². The Labute approximate surface area is 51.3 Å². The van der Waals surface area contributed by atoms with Gasteiger partial charge in [0.05, 0.1) is 0 Å². The van der Waals surface area contributed by atoms with E-state index in [0.717, 1.165) is 11.8 Å². The van der Waals surface area contributed by atoms with Crippen molar-refractivity contribution in [3.8, 4) is 0 Å². The van der Waals surface area contributed by atoms with E-state index in [4.69, 9.17) is 5.73 Å². The van der Waals surface area contributed by atoms with Crippen LogP contribution in [0, 0.1) is 11.8 Å². The zero-order valence-corrected chi connectivity index (χ0v) is 5.72. The zero-order chi connectivity index (χ0) is 6.15. The van der Waals surface area contributed by atoms with Crippen molar-refractivity contribution in [2.24, 2.45) is 17.6 Å². The Hall–Kier alpha value is -0.0400. The van der Waals surface area contributed by atoms with Gasteiger partial charge in [-0.3, -0.25) is 0 Å². The molecule has 0 spiro atoms. The second kappa shape index (κ2) is 2.06. The Morgan fingerprint density at radius 3 is 2.00 bits per heavy atom. The van der Waals surface area contributed by atoms with Crippen molar-refractivity contribution >= 4 is 0 Å². The highest BCUT2D eigenvalue weighted by Gasteiger charge is 2.24. The predicted molar refractivity (Wildman–Crippen MR) is 35.5 cm³/mol. The van der Waals surface area contributed by atoms with Gasteiger partial charge in [-0.25, -0.2) is 0 Å². The van der Waals surface area contributed by atoms with E-state index in [0.29, 0.717) is 6.04 Å². The third kappa shape index (κ3) is 1.03. The van der Waals surface area contributed by atoms with E-state index in [9.17, 15) is 0 Å². The number of hydrogen-bond donors (Lipinski definition) is 1. The summed E-state index contributed by atoms with van der Waals surface area (Å²) in [5.74, 6) is 1.64. The van der Waals surface area contributed by atoms with Gasteiger partial charge in [0.25, 0.3) is 0 Å². The molecule has 1 heteroatoms. The monoisotopic (exact) mass is 113 g/mol. The van der Waals surface area contributed by atoms with Crippen LogP contribution in [0.25, 0.3) is 0 Å². The summed E-state index contributed by atoms with van der Waals surface area (Å²) in [5, 5.41) is 0. The molecule has 1 aliphatic carbocycles. The summed E-state index contributed by atoms with van der Waals surface area (Å²) in [5.41, 5.74) is 5.77. The summed E-state index contributed by atoms with van der Waals surface area (Å²) >= 11 is 0. The van der Waals surface area contributed by atoms with Gasteiger partial charge in [0.15, 0.2) is 0 Å². The lowest BCUT2D eigenvalue weighted by Crippen LogP contribution is -2.21. The molecule has 3 unspecified atom stereocenters. The van der Waals surface area contributed by atoms with E-state index in [1.54, 1.807) is 0 Å². The van der Waals surface area contributed by atoms with Crippen molar-refractivity contribution < 1.29 is 0 Å². The predicted octanol–water partition coefficient (Wildman–Crippen LogP) is 1.38. The highest BCUT2D eigenvalue weighted by molar-refractivity contribution is 4.80. The number of rotatable bonds is 0. The van der Waals surface area contributed by atoms with Crippen LogP contribution in [0.1, 0.15) is 26.7 Å². The lowest BCUT2D eigenvalue weighted by atomic mass is 10.1. The first-order valence-corrected chi connectivity index (χ1v) is 3.45. The lowest BCUT2D eigenvalue weighted by Gasteiger charge is -2.05. The molecular weight excluding hydrogens is 98.1 g/mol.